The number of ketones is 1. The van der Waals surface area contributed by atoms with Crippen molar-refractivity contribution in [1.29, 1.82) is 0 Å². The molecule has 6 heteroatoms. The molecule has 3 rings (SSSR count). The van der Waals surface area contributed by atoms with Crippen LogP contribution in [0, 0.1) is 0 Å². The van der Waals surface area contributed by atoms with E-state index in [1.54, 1.807) is 54.6 Å². The molecule has 0 aliphatic carbocycles. The number of hydrogen-bond donors (Lipinski definition) is 2. The molecule has 0 aromatic heterocycles. The highest BCUT2D eigenvalue weighted by atomic mass is 16.5. The van der Waals surface area contributed by atoms with Crippen molar-refractivity contribution in [2.24, 2.45) is 0 Å². The molecule has 0 fully saturated rings. The summed E-state index contributed by atoms with van der Waals surface area (Å²) in [6.45, 7) is 7.83. The van der Waals surface area contributed by atoms with Gasteiger partial charge in [0.15, 0.2) is 5.78 Å². The number of nitrogens with one attached hydrogen (secondary N) is 2. The molecule has 34 heavy (non-hydrogen) atoms. The van der Waals surface area contributed by atoms with Gasteiger partial charge in [-0.2, -0.15) is 0 Å². The maximum atomic E-state index is 12.8. The smallest absolute Gasteiger partial charge is 0.255 e. The molecule has 6 nitrogen and oxygen atoms in total. The number of benzene rings is 3. The molecule has 176 valence electrons. The number of Topliss-reactive ketones (excluding diaryl/α,β-unsaturated/α-hetero) is 1. The zero-order valence-electron chi connectivity index (χ0n) is 20.2. The van der Waals surface area contributed by atoms with E-state index >= 15 is 0 Å². The largest absolute Gasteiger partial charge is 0.496 e. The van der Waals surface area contributed by atoms with Crippen LogP contribution in [0.25, 0.3) is 0 Å². The predicted molar refractivity (Wildman–Crippen MR) is 135 cm³/mol. The van der Waals surface area contributed by atoms with Crippen LogP contribution in [0.2, 0.25) is 0 Å². The van der Waals surface area contributed by atoms with Crippen LogP contribution in [-0.4, -0.2) is 24.7 Å². The molecule has 0 atom stereocenters. The predicted octanol–water partition coefficient (Wildman–Crippen LogP) is 5.63. The highest BCUT2D eigenvalue weighted by Gasteiger charge is 2.16. The quantitative estimate of drug-likeness (QED) is 0.450. The number of amides is 2. The van der Waals surface area contributed by atoms with E-state index in [1.165, 1.54) is 14.0 Å². The molecule has 0 unspecified atom stereocenters. The van der Waals surface area contributed by atoms with Crippen LogP contribution in [0.4, 0.5) is 11.4 Å². The lowest BCUT2D eigenvalue weighted by Gasteiger charge is -2.19. The normalized spacial score (nSPS) is 11.0. The Labute approximate surface area is 200 Å². The minimum Gasteiger partial charge on any atom is -0.496 e. The number of hydrogen-bond acceptors (Lipinski definition) is 4. The van der Waals surface area contributed by atoms with Gasteiger partial charge in [-0.05, 0) is 60.4 Å². The fourth-order valence-electron chi connectivity index (χ4n) is 3.52. The molecule has 0 aliphatic rings. The molecule has 2 N–H and O–H groups in total. The first-order chi connectivity index (χ1) is 16.1. The summed E-state index contributed by atoms with van der Waals surface area (Å²) in [7, 11) is 1.52. The highest BCUT2D eigenvalue weighted by molar-refractivity contribution is 6.07. The van der Waals surface area contributed by atoms with Crippen molar-refractivity contribution in [2.75, 3.05) is 17.7 Å². The molecule has 3 aromatic rings. The summed E-state index contributed by atoms with van der Waals surface area (Å²) in [6.07, 6.45) is 0.0147. The van der Waals surface area contributed by atoms with Gasteiger partial charge in [-0.1, -0.05) is 45.0 Å². The second-order valence-electron chi connectivity index (χ2n) is 9.13. The SMILES string of the molecule is COc1ccc(C(C)=O)cc1CC(=O)Nc1ccccc1NC(=O)c1ccc(C(C)(C)C)cc1. The maximum absolute atomic E-state index is 12.8. The number of carbonyl (C=O) groups excluding carboxylic acids is 3. The maximum Gasteiger partial charge on any atom is 0.255 e. The van der Waals surface area contributed by atoms with Crippen LogP contribution in [0.1, 0.15) is 59.5 Å². The molecule has 0 radical (unpaired) electrons. The Morgan fingerprint density at radius 2 is 1.41 bits per heavy atom. The molecule has 3 aromatic carbocycles. The van der Waals surface area contributed by atoms with Gasteiger partial charge in [0.1, 0.15) is 5.75 Å². The van der Waals surface area contributed by atoms with Gasteiger partial charge in [-0.3, -0.25) is 14.4 Å². The van der Waals surface area contributed by atoms with Gasteiger partial charge in [0.05, 0.1) is 24.9 Å². The Bertz CT molecular complexity index is 1210. The minimum absolute atomic E-state index is 0.00148. The number of rotatable bonds is 7. The Balaban J connectivity index is 1.74. The third kappa shape index (κ3) is 6.10. The number of anilines is 2. The molecule has 0 bridgehead atoms. The fourth-order valence-corrected chi connectivity index (χ4v) is 3.52. The van der Waals surface area contributed by atoms with Crippen LogP contribution >= 0.6 is 0 Å². The second kappa shape index (κ2) is 10.3. The van der Waals surface area contributed by atoms with Crippen molar-refractivity contribution >= 4 is 29.0 Å². The molecule has 0 aliphatic heterocycles. The minimum atomic E-state index is -0.296. The fraction of sp³-hybridized carbons (Fsp3) is 0.250. The van der Waals surface area contributed by atoms with E-state index in [0.29, 0.717) is 33.8 Å². The summed E-state index contributed by atoms with van der Waals surface area (Å²) in [6, 6.07) is 19.5. The van der Waals surface area contributed by atoms with Gasteiger partial charge in [-0.15, -0.1) is 0 Å². The molecule has 0 saturated heterocycles. The molecule has 0 saturated carbocycles. The summed E-state index contributed by atoms with van der Waals surface area (Å²) >= 11 is 0. The summed E-state index contributed by atoms with van der Waals surface area (Å²) in [5.74, 6) is -0.124. The number of methoxy groups -OCH3 is 1. The van der Waals surface area contributed by atoms with E-state index in [1.807, 2.05) is 12.1 Å². The van der Waals surface area contributed by atoms with Crippen LogP contribution < -0.4 is 15.4 Å². The zero-order valence-corrected chi connectivity index (χ0v) is 20.2. The molecular weight excluding hydrogens is 428 g/mol. The van der Waals surface area contributed by atoms with Gasteiger partial charge in [0, 0.05) is 16.7 Å². The van der Waals surface area contributed by atoms with E-state index in [4.69, 9.17) is 4.74 Å². The van der Waals surface area contributed by atoms with E-state index in [0.717, 1.165) is 5.56 Å². The van der Waals surface area contributed by atoms with E-state index in [-0.39, 0.29) is 29.4 Å². The number of ether oxygens (including phenoxy) is 1. The third-order valence-corrected chi connectivity index (χ3v) is 5.50. The number of para-hydroxylation sites is 2. The van der Waals surface area contributed by atoms with Gasteiger partial charge >= 0.3 is 0 Å². The van der Waals surface area contributed by atoms with Crippen LogP contribution in [0.5, 0.6) is 5.75 Å². The van der Waals surface area contributed by atoms with Gasteiger partial charge in [0.25, 0.3) is 5.91 Å². The highest BCUT2D eigenvalue weighted by Crippen LogP contribution is 2.26. The lowest BCUT2D eigenvalue weighted by molar-refractivity contribution is -0.115. The van der Waals surface area contributed by atoms with Crippen molar-refractivity contribution in [3.8, 4) is 5.75 Å². The van der Waals surface area contributed by atoms with E-state index < -0.39 is 0 Å². The Hall–Kier alpha value is -3.93. The second-order valence-corrected chi connectivity index (χ2v) is 9.13. The van der Waals surface area contributed by atoms with Crippen molar-refractivity contribution in [2.45, 2.75) is 39.5 Å². The third-order valence-electron chi connectivity index (χ3n) is 5.50. The molecule has 0 heterocycles. The average molecular weight is 459 g/mol. The topological polar surface area (TPSA) is 84.5 Å². The van der Waals surface area contributed by atoms with Crippen LogP contribution in [0.15, 0.2) is 66.7 Å². The Morgan fingerprint density at radius 1 is 0.824 bits per heavy atom. The summed E-state index contributed by atoms with van der Waals surface area (Å²) < 4.78 is 5.34. The van der Waals surface area contributed by atoms with Gasteiger partial charge < -0.3 is 15.4 Å². The Morgan fingerprint density at radius 3 is 1.97 bits per heavy atom. The van der Waals surface area contributed by atoms with Crippen molar-refractivity contribution < 1.29 is 19.1 Å². The van der Waals surface area contributed by atoms with Crippen molar-refractivity contribution in [3.05, 3.63) is 89.0 Å². The van der Waals surface area contributed by atoms with Crippen LogP contribution in [-0.2, 0) is 16.6 Å². The zero-order chi connectivity index (χ0) is 24.9. The lowest BCUT2D eigenvalue weighted by Crippen LogP contribution is -2.18. The van der Waals surface area contributed by atoms with Gasteiger partial charge in [0.2, 0.25) is 5.91 Å². The van der Waals surface area contributed by atoms with E-state index in [9.17, 15) is 14.4 Å². The van der Waals surface area contributed by atoms with Crippen molar-refractivity contribution in [3.63, 3.8) is 0 Å². The van der Waals surface area contributed by atoms with Gasteiger partial charge in [-0.25, -0.2) is 0 Å². The van der Waals surface area contributed by atoms with Crippen LogP contribution in [0.3, 0.4) is 0 Å². The molecule has 0 spiro atoms. The Kier molecular flexibility index (Phi) is 7.51. The molecular formula is C28H30N2O4. The summed E-state index contributed by atoms with van der Waals surface area (Å²) in [5.41, 5.74) is 3.75. The van der Waals surface area contributed by atoms with Crippen molar-refractivity contribution in [1.82, 2.24) is 0 Å². The summed E-state index contributed by atoms with van der Waals surface area (Å²) in [5, 5.41) is 5.73. The molecule has 2 amide bonds. The average Bonchev–Trinajstić information content (AvgIpc) is 2.79. The number of carbonyl (C=O) groups is 3. The summed E-state index contributed by atoms with van der Waals surface area (Å²) in [4.78, 5) is 37.3. The first-order valence-electron chi connectivity index (χ1n) is 11.1. The monoisotopic (exact) mass is 458 g/mol. The van der Waals surface area contributed by atoms with E-state index in [2.05, 4.69) is 31.4 Å². The first-order valence-corrected chi connectivity index (χ1v) is 11.1. The first kappa shape index (κ1) is 24.7. The lowest BCUT2D eigenvalue weighted by atomic mass is 9.87. The standard InChI is InChI=1S/C28H30N2O4/c1-18(31)20-12-15-25(34-5)21(16-20)17-26(32)29-23-8-6-7-9-24(23)30-27(33)19-10-13-22(14-11-19)28(2,3)4/h6-16H,17H2,1-5H3,(H,29,32)(H,30,33).